The average Bonchev–Trinajstić information content (AvgIpc) is 2.86. The van der Waals surface area contributed by atoms with E-state index in [0.29, 0.717) is 17.3 Å². The van der Waals surface area contributed by atoms with Gasteiger partial charge < -0.3 is 27.0 Å². The number of hydroxylamine groups is 1. The molecule has 1 aliphatic heterocycles. The van der Waals surface area contributed by atoms with E-state index in [1.807, 2.05) is 24.3 Å². The molecule has 0 unspecified atom stereocenters. The molecule has 0 spiro atoms. The lowest BCUT2D eigenvalue weighted by Crippen LogP contribution is -2.50. The van der Waals surface area contributed by atoms with Gasteiger partial charge in [0, 0.05) is 23.8 Å². The van der Waals surface area contributed by atoms with E-state index in [-0.39, 0.29) is 19.0 Å². The van der Waals surface area contributed by atoms with E-state index in [2.05, 4.69) is 21.3 Å². The van der Waals surface area contributed by atoms with Gasteiger partial charge in [0.2, 0.25) is 5.91 Å². The zero-order valence-electron chi connectivity index (χ0n) is 18.3. The van der Waals surface area contributed by atoms with Crippen LogP contribution in [0.5, 0.6) is 0 Å². The number of benzene rings is 2. The third-order valence-electron chi connectivity index (χ3n) is 5.51. The molecular formula is C23H30N6O4. The van der Waals surface area contributed by atoms with E-state index in [9.17, 15) is 14.4 Å². The number of rotatable bonds is 9. The van der Waals surface area contributed by atoms with E-state index in [1.165, 1.54) is 5.48 Å². The first-order chi connectivity index (χ1) is 16.0. The SMILES string of the molecule is NC[C@H](NC(=O)c1ccc(-c2ccc(NC(=O)CNC3CCNCC3)cc2)cc1)C(=O)NO. The summed E-state index contributed by atoms with van der Waals surface area (Å²) >= 11 is 0. The fourth-order valence-corrected chi connectivity index (χ4v) is 3.58. The predicted octanol–water partition coefficient (Wildman–Crippen LogP) is 0.196. The fourth-order valence-electron chi connectivity index (χ4n) is 3.58. The molecule has 1 heterocycles. The van der Waals surface area contributed by atoms with Gasteiger partial charge in [-0.15, -0.1) is 0 Å². The molecule has 33 heavy (non-hydrogen) atoms. The zero-order chi connectivity index (χ0) is 23.6. The Hall–Kier alpha value is -3.31. The van der Waals surface area contributed by atoms with Crippen molar-refractivity contribution in [2.75, 3.05) is 31.5 Å². The smallest absolute Gasteiger partial charge is 0.267 e. The Morgan fingerprint density at radius 1 is 1.00 bits per heavy atom. The number of nitrogens with one attached hydrogen (secondary N) is 5. The van der Waals surface area contributed by atoms with Crippen LogP contribution in [0.2, 0.25) is 0 Å². The number of piperidine rings is 1. The summed E-state index contributed by atoms with van der Waals surface area (Å²) in [7, 11) is 0. The van der Waals surface area contributed by atoms with Crippen molar-refractivity contribution in [1.29, 1.82) is 0 Å². The number of nitrogens with two attached hydrogens (primary N) is 1. The Kier molecular flexibility index (Phi) is 8.90. The van der Waals surface area contributed by atoms with Crippen molar-refractivity contribution >= 4 is 23.4 Å². The highest BCUT2D eigenvalue weighted by Crippen LogP contribution is 2.22. The maximum Gasteiger partial charge on any atom is 0.267 e. The molecule has 2 aromatic carbocycles. The monoisotopic (exact) mass is 454 g/mol. The predicted molar refractivity (Wildman–Crippen MR) is 125 cm³/mol. The Balaban J connectivity index is 1.53. The van der Waals surface area contributed by atoms with Crippen molar-refractivity contribution in [1.82, 2.24) is 21.4 Å². The molecule has 10 nitrogen and oxygen atoms in total. The van der Waals surface area contributed by atoms with E-state index in [0.717, 1.165) is 37.1 Å². The summed E-state index contributed by atoms with van der Waals surface area (Å²) in [6.07, 6.45) is 2.04. The molecule has 0 aliphatic carbocycles. The fraction of sp³-hybridized carbons (Fsp3) is 0.348. The summed E-state index contributed by atoms with van der Waals surface area (Å²) in [5, 5.41) is 20.6. The molecule has 1 aliphatic rings. The van der Waals surface area contributed by atoms with Crippen LogP contribution in [0, 0.1) is 0 Å². The van der Waals surface area contributed by atoms with Crippen LogP contribution in [0.15, 0.2) is 48.5 Å². The first-order valence-electron chi connectivity index (χ1n) is 10.9. The number of hydrogen-bond donors (Lipinski definition) is 7. The van der Waals surface area contributed by atoms with Gasteiger partial charge in [0.25, 0.3) is 11.8 Å². The first kappa shape index (κ1) is 24.3. The lowest BCUT2D eigenvalue weighted by Gasteiger charge is -2.23. The Bertz CT molecular complexity index is 942. The number of carbonyl (C=O) groups excluding carboxylic acids is 3. The molecule has 1 fully saturated rings. The van der Waals surface area contributed by atoms with E-state index < -0.39 is 17.9 Å². The minimum Gasteiger partial charge on any atom is -0.339 e. The maximum atomic E-state index is 12.3. The second-order valence-corrected chi connectivity index (χ2v) is 7.85. The lowest BCUT2D eigenvalue weighted by molar-refractivity contribution is -0.130. The van der Waals surface area contributed by atoms with Crippen molar-refractivity contribution in [3.8, 4) is 11.1 Å². The third-order valence-corrected chi connectivity index (χ3v) is 5.51. The zero-order valence-corrected chi connectivity index (χ0v) is 18.3. The molecule has 0 saturated carbocycles. The summed E-state index contributed by atoms with van der Waals surface area (Å²) < 4.78 is 0. The van der Waals surface area contributed by atoms with Gasteiger partial charge in [-0.3, -0.25) is 19.6 Å². The quantitative estimate of drug-likeness (QED) is 0.211. The number of amides is 3. The van der Waals surface area contributed by atoms with Gasteiger partial charge in [-0.05, 0) is 61.3 Å². The lowest BCUT2D eigenvalue weighted by atomic mass is 10.0. The standard InChI is InChI=1S/C23H30N6O4/c24-13-20(23(32)29-33)28-22(31)17-3-1-15(2-4-17)16-5-7-19(8-6-16)27-21(30)14-26-18-9-11-25-12-10-18/h1-8,18,20,25-26,33H,9-14,24H2,(H,27,30)(H,28,31)(H,29,32)/t20-/m0/s1. The molecule has 10 heteroatoms. The average molecular weight is 455 g/mol. The topological polar surface area (TPSA) is 158 Å². The van der Waals surface area contributed by atoms with Crippen LogP contribution in [-0.4, -0.2) is 61.2 Å². The van der Waals surface area contributed by atoms with Crippen molar-refractivity contribution in [2.45, 2.75) is 24.9 Å². The largest absolute Gasteiger partial charge is 0.339 e. The van der Waals surface area contributed by atoms with Crippen LogP contribution in [0.3, 0.4) is 0 Å². The number of anilines is 1. The van der Waals surface area contributed by atoms with Gasteiger partial charge in [0.05, 0.1) is 6.54 Å². The minimum atomic E-state index is -1.03. The summed E-state index contributed by atoms with van der Waals surface area (Å²) in [6, 6.07) is 13.6. The van der Waals surface area contributed by atoms with Gasteiger partial charge in [0.15, 0.2) is 0 Å². The van der Waals surface area contributed by atoms with E-state index in [4.69, 9.17) is 10.9 Å². The molecule has 1 atom stereocenters. The van der Waals surface area contributed by atoms with Crippen LogP contribution in [0.4, 0.5) is 5.69 Å². The summed E-state index contributed by atoms with van der Waals surface area (Å²) in [4.78, 5) is 36.0. The molecule has 3 amide bonds. The third kappa shape index (κ3) is 7.09. The van der Waals surface area contributed by atoms with E-state index in [1.54, 1.807) is 24.3 Å². The molecular weight excluding hydrogens is 424 g/mol. The normalized spacial score (nSPS) is 14.8. The van der Waals surface area contributed by atoms with Crippen LogP contribution >= 0.6 is 0 Å². The Morgan fingerprint density at radius 3 is 2.18 bits per heavy atom. The number of carbonyl (C=O) groups is 3. The highest BCUT2D eigenvalue weighted by atomic mass is 16.5. The molecule has 8 N–H and O–H groups in total. The minimum absolute atomic E-state index is 0.0812. The highest BCUT2D eigenvalue weighted by molar-refractivity contribution is 5.98. The molecule has 176 valence electrons. The molecule has 0 aromatic heterocycles. The van der Waals surface area contributed by atoms with Gasteiger partial charge >= 0.3 is 0 Å². The molecule has 2 aromatic rings. The number of hydrogen-bond acceptors (Lipinski definition) is 7. The summed E-state index contributed by atoms with van der Waals surface area (Å²) in [5.74, 6) is -1.34. The second-order valence-electron chi connectivity index (χ2n) is 7.85. The second kappa shape index (κ2) is 12.1. The van der Waals surface area contributed by atoms with Crippen LogP contribution in [0.25, 0.3) is 11.1 Å². The summed E-state index contributed by atoms with van der Waals surface area (Å²) in [5.41, 5.74) is 9.80. The summed E-state index contributed by atoms with van der Waals surface area (Å²) in [6.45, 7) is 2.08. The molecule has 1 saturated heterocycles. The van der Waals surface area contributed by atoms with Crippen LogP contribution in [0.1, 0.15) is 23.2 Å². The van der Waals surface area contributed by atoms with Crippen LogP contribution in [-0.2, 0) is 9.59 Å². The van der Waals surface area contributed by atoms with Gasteiger partial charge in [-0.25, -0.2) is 5.48 Å². The molecule has 0 radical (unpaired) electrons. The molecule has 3 rings (SSSR count). The van der Waals surface area contributed by atoms with E-state index >= 15 is 0 Å². The van der Waals surface area contributed by atoms with Crippen molar-refractivity contribution in [3.63, 3.8) is 0 Å². The van der Waals surface area contributed by atoms with Gasteiger partial charge in [-0.1, -0.05) is 24.3 Å². The van der Waals surface area contributed by atoms with Crippen molar-refractivity contribution in [3.05, 3.63) is 54.1 Å². The van der Waals surface area contributed by atoms with Gasteiger partial charge in [-0.2, -0.15) is 0 Å². The first-order valence-corrected chi connectivity index (χ1v) is 10.9. The van der Waals surface area contributed by atoms with Gasteiger partial charge in [0.1, 0.15) is 6.04 Å². The van der Waals surface area contributed by atoms with Crippen molar-refractivity contribution < 1.29 is 19.6 Å². The Labute approximate surface area is 192 Å². The van der Waals surface area contributed by atoms with Crippen molar-refractivity contribution in [2.24, 2.45) is 5.73 Å². The van der Waals surface area contributed by atoms with Crippen LogP contribution < -0.4 is 32.5 Å². The Morgan fingerprint density at radius 2 is 1.61 bits per heavy atom. The molecule has 0 bridgehead atoms. The highest BCUT2D eigenvalue weighted by Gasteiger charge is 2.19. The maximum absolute atomic E-state index is 12.3.